The van der Waals surface area contributed by atoms with Gasteiger partial charge in [-0.3, -0.25) is 4.79 Å². The molecule has 33 heavy (non-hydrogen) atoms. The molecule has 1 aliphatic rings. The topological polar surface area (TPSA) is 90.7 Å². The predicted octanol–water partition coefficient (Wildman–Crippen LogP) is 5.10. The molecule has 0 radical (unpaired) electrons. The molecular formula is C19H15ClF6N2O4S. The Hall–Kier alpha value is -2.38. The second kappa shape index (κ2) is 8.44. The van der Waals surface area contributed by atoms with Crippen LogP contribution in [0.3, 0.4) is 0 Å². The van der Waals surface area contributed by atoms with E-state index in [-0.39, 0.29) is 28.2 Å². The van der Waals surface area contributed by atoms with Crippen molar-refractivity contribution >= 4 is 34.8 Å². The number of aromatic carboxylic acids is 1. The lowest BCUT2D eigenvalue weighted by Crippen LogP contribution is -2.53. The summed E-state index contributed by atoms with van der Waals surface area (Å²) >= 11 is 6.48. The molecule has 2 aromatic rings. The van der Waals surface area contributed by atoms with Gasteiger partial charge in [0.15, 0.2) is 0 Å². The fourth-order valence-electron chi connectivity index (χ4n) is 3.52. The van der Waals surface area contributed by atoms with Crippen LogP contribution in [0, 0.1) is 0 Å². The minimum absolute atomic E-state index is 0.129. The van der Waals surface area contributed by atoms with Gasteiger partial charge >= 0.3 is 18.3 Å². The predicted molar refractivity (Wildman–Crippen MR) is 105 cm³/mol. The van der Waals surface area contributed by atoms with Crippen molar-refractivity contribution in [2.75, 3.05) is 6.54 Å². The standard InChI is InChI=1S/C19H15ClF6N2O4S/c1-8-3-2-6-28(8)15(29)12-13(33-14(27-12)16(30)31)10-5-4-9(7-11(10)20)17(32,18(21,22)23)19(24,25)26/h4-5,7-8,32H,2-3,6H2,1H3,(H,30,31). The summed E-state index contributed by atoms with van der Waals surface area (Å²) in [6, 6.07) is 1.23. The first-order chi connectivity index (χ1) is 15.1. The molecule has 3 rings (SSSR count). The Labute approximate surface area is 191 Å². The maximum Gasteiger partial charge on any atom is 0.430 e. The SMILES string of the molecule is CC1CCCN1C(=O)c1nc(C(=O)O)sc1-c1ccc(C(O)(C(F)(F)F)C(F)(F)F)cc1Cl. The van der Waals surface area contributed by atoms with E-state index in [1.165, 1.54) is 4.90 Å². The van der Waals surface area contributed by atoms with Gasteiger partial charge in [0.2, 0.25) is 5.01 Å². The monoisotopic (exact) mass is 516 g/mol. The molecule has 1 atom stereocenters. The third-order valence-electron chi connectivity index (χ3n) is 5.28. The molecule has 2 N–H and O–H groups in total. The van der Waals surface area contributed by atoms with E-state index in [1.54, 1.807) is 6.92 Å². The van der Waals surface area contributed by atoms with Gasteiger partial charge in [0.05, 0.1) is 4.88 Å². The van der Waals surface area contributed by atoms with Crippen molar-refractivity contribution in [3.8, 4) is 10.4 Å². The highest BCUT2D eigenvalue weighted by atomic mass is 35.5. The molecule has 1 fully saturated rings. The van der Waals surface area contributed by atoms with E-state index >= 15 is 0 Å². The summed E-state index contributed by atoms with van der Waals surface area (Å²) in [4.78, 5) is 29.5. The van der Waals surface area contributed by atoms with Gasteiger partial charge in [0, 0.05) is 28.7 Å². The maximum atomic E-state index is 13.2. The first-order valence-corrected chi connectivity index (χ1v) is 10.5. The number of aromatic nitrogens is 1. The van der Waals surface area contributed by atoms with Crippen molar-refractivity contribution in [1.82, 2.24) is 9.88 Å². The first kappa shape index (κ1) is 25.2. The summed E-state index contributed by atoms with van der Waals surface area (Å²) in [5.74, 6) is -2.12. The summed E-state index contributed by atoms with van der Waals surface area (Å²) < 4.78 is 79.1. The van der Waals surface area contributed by atoms with Gasteiger partial charge in [-0.05, 0) is 25.8 Å². The number of amides is 1. The van der Waals surface area contributed by atoms with Gasteiger partial charge in [-0.1, -0.05) is 23.7 Å². The fourth-order valence-corrected chi connectivity index (χ4v) is 4.79. The van der Waals surface area contributed by atoms with Crippen LogP contribution in [0.1, 0.15) is 45.6 Å². The Kier molecular flexibility index (Phi) is 6.46. The number of rotatable bonds is 4. The average Bonchev–Trinajstić information content (AvgIpc) is 3.31. The van der Waals surface area contributed by atoms with Gasteiger partial charge in [-0.25, -0.2) is 9.78 Å². The van der Waals surface area contributed by atoms with E-state index in [4.69, 9.17) is 11.6 Å². The molecule has 1 saturated heterocycles. The molecule has 1 aromatic heterocycles. The highest BCUT2D eigenvalue weighted by molar-refractivity contribution is 7.17. The Morgan fingerprint density at radius 3 is 2.24 bits per heavy atom. The molecule has 0 aliphatic carbocycles. The Bertz CT molecular complexity index is 1090. The first-order valence-electron chi connectivity index (χ1n) is 9.31. The number of likely N-dealkylation sites (tertiary alicyclic amines) is 1. The zero-order valence-corrected chi connectivity index (χ0v) is 18.2. The van der Waals surface area contributed by atoms with Crippen LogP contribution in [0.15, 0.2) is 18.2 Å². The Morgan fingerprint density at radius 1 is 1.18 bits per heavy atom. The van der Waals surface area contributed by atoms with Crippen LogP contribution in [0.2, 0.25) is 5.02 Å². The second-order valence-electron chi connectivity index (χ2n) is 7.39. The molecule has 2 heterocycles. The molecule has 6 nitrogen and oxygen atoms in total. The third-order valence-corrected chi connectivity index (χ3v) is 6.67. The number of carbonyl (C=O) groups excluding carboxylic acids is 1. The summed E-state index contributed by atoms with van der Waals surface area (Å²) in [7, 11) is 0. The molecule has 180 valence electrons. The fraction of sp³-hybridized carbons (Fsp3) is 0.421. The molecule has 0 bridgehead atoms. The number of nitrogens with zero attached hydrogens (tertiary/aromatic N) is 2. The zero-order chi connectivity index (χ0) is 24.9. The van der Waals surface area contributed by atoms with Crippen molar-refractivity contribution in [1.29, 1.82) is 0 Å². The van der Waals surface area contributed by atoms with Crippen LogP contribution >= 0.6 is 22.9 Å². The van der Waals surface area contributed by atoms with Crippen molar-refractivity contribution in [3.05, 3.63) is 39.5 Å². The Balaban J connectivity index is 2.15. The van der Waals surface area contributed by atoms with Crippen molar-refractivity contribution in [3.63, 3.8) is 0 Å². The molecule has 0 spiro atoms. The lowest BCUT2D eigenvalue weighted by atomic mass is 9.91. The van der Waals surface area contributed by atoms with Crippen molar-refractivity contribution < 1.29 is 46.1 Å². The van der Waals surface area contributed by atoms with Crippen LogP contribution in [-0.4, -0.2) is 56.9 Å². The molecule has 1 aliphatic heterocycles. The van der Waals surface area contributed by atoms with Crippen LogP contribution in [0.5, 0.6) is 0 Å². The molecule has 1 aromatic carbocycles. The number of carboxylic acid groups (broad SMARTS) is 1. The quantitative estimate of drug-likeness (QED) is 0.552. The van der Waals surface area contributed by atoms with E-state index in [0.29, 0.717) is 36.8 Å². The lowest BCUT2D eigenvalue weighted by Gasteiger charge is -2.32. The minimum Gasteiger partial charge on any atom is -0.476 e. The number of carboxylic acids is 1. The number of hydrogen-bond donors (Lipinski definition) is 2. The second-order valence-corrected chi connectivity index (χ2v) is 8.80. The van der Waals surface area contributed by atoms with Crippen molar-refractivity contribution in [2.45, 2.75) is 43.8 Å². The van der Waals surface area contributed by atoms with E-state index in [9.17, 15) is 46.1 Å². The average molecular weight is 517 g/mol. The van der Waals surface area contributed by atoms with Gasteiger partial charge in [-0.2, -0.15) is 26.3 Å². The molecule has 1 amide bonds. The normalized spacial score (nSPS) is 17.5. The molecule has 14 heteroatoms. The third kappa shape index (κ3) is 4.28. The van der Waals surface area contributed by atoms with Gasteiger partial charge in [0.1, 0.15) is 5.69 Å². The molecular weight excluding hydrogens is 502 g/mol. The molecule has 1 unspecified atom stereocenters. The zero-order valence-electron chi connectivity index (χ0n) is 16.6. The number of alkyl halides is 6. The summed E-state index contributed by atoms with van der Waals surface area (Å²) in [5, 5.41) is 17.7. The molecule has 0 saturated carbocycles. The van der Waals surface area contributed by atoms with Crippen molar-refractivity contribution in [2.24, 2.45) is 0 Å². The highest BCUT2D eigenvalue weighted by Gasteiger charge is 2.71. The van der Waals surface area contributed by atoms with E-state index in [1.807, 2.05) is 0 Å². The number of aliphatic hydroxyl groups is 1. The number of hydrogen-bond acceptors (Lipinski definition) is 5. The summed E-state index contributed by atoms with van der Waals surface area (Å²) in [5.41, 5.74) is -7.30. The maximum absolute atomic E-state index is 13.2. The largest absolute Gasteiger partial charge is 0.476 e. The summed E-state index contributed by atoms with van der Waals surface area (Å²) in [6.45, 7) is 2.14. The van der Waals surface area contributed by atoms with E-state index in [0.717, 1.165) is 6.07 Å². The van der Waals surface area contributed by atoms with Crippen LogP contribution in [-0.2, 0) is 5.60 Å². The number of benzene rings is 1. The van der Waals surface area contributed by atoms with Gasteiger partial charge in [0.25, 0.3) is 11.5 Å². The Morgan fingerprint density at radius 2 is 1.79 bits per heavy atom. The van der Waals surface area contributed by atoms with E-state index < -0.39 is 45.4 Å². The van der Waals surface area contributed by atoms with Crippen LogP contribution in [0.4, 0.5) is 26.3 Å². The summed E-state index contributed by atoms with van der Waals surface area (Å²) in [6.07, 6.45) is -10.8. The van der Waals surface area contributed by atoms with Crippen LogP contribution < -0.4 is 0 Å². The smallest absolute Gasteiger partial charge is 0.430 e. The highest BCUT2D eigenvalue weighted by Crippen LogP contribution is 2.51. The van der Waals surface area contributed by atoms with Gasteiger partial charge in [-0.15, -0.1) is 11.3 Å². The minimum atomic E-state index is -6.11. The van der Waals surface area contributed by atoms with E-state index in [2.05, 4.69) is 4.98 Å². The lowest BCUT2D eigenvalue weighted by molar-refractivity contribution is -0.376. The number of carbonyl (C=O) groups is 2. The number of thiazole rings is 1. The van der Waals surface area contributed by atoms with Crippen LogP contribution in [0.25, 0.3) is 10.4 Å². The van der Waals surface area contributed by atoms with Gasteiger partial charge < -0.3 is 15.1 Å². The number of halogens is 7.